The fourth-order valence-corrected chi connectivity index (χ4v) is 4.40. The number of anilines is 1. The first-order valence-corrected chi connectivity index (χ1v) is 10.7. The van der Waals surface area contributed by atoms with Crippen LogP contribution in [0, 0.1) is 18.3 Å². The molecule has 0 unspecified atom stereocenters. The summed E-state index contributed by atoms with van der Waals surface area (Å²) in [7, 11) is 0. The van der Waals surface area contributed by atoms with Gasteiger partial charge in [0.1, 0.15) is 6.07 Å². The number of rotatable bonds is 7. The lowest BCUT2D eigenvalue weighted by atomic mass is 10.1. The van der Waals surface area contributed by atoms with E-state index in [4.69, 9.17) is 11.6 Å². The maximum absolute atomic E-state index is 12.8. The Hall–Kier alpha value is -2.51. The fraction of sp³-hybridized carbons (Fsp3) is 0.417. The number of hydrogen-bond acceptors (Lipinski definition) is 3. The fourth-order valence-electron chi connectivity index (χ4n) is 4.18. The molecule has 0 spiro atoms. The van der Waals surface area contributed by atoms with E-state index >= 15 is 0 Å². The second-order valence-electron chi connectivity index (χ2n) is 7.70. The summed E-state index contributed by atoms with van der Waals surface area (Å²) in [5.41, 5.74) is 3.86. The smallest absolute Gasteiger partial charge is 0.225 e. The van der Waals surface area contributed by atoms with Crippen LogP contribution in [0.5, 0.6) is 0 Å². The van der Waals surface area contributed by atoms with Crippen molar-refractivity contribution in [1.82, 2.24) is 4.90 Å². The van der Waals surface area contributed by atoms with Crippen LogP contribution >= 0.6 is 11.6 Å². The number of nitriles is 1. The summed E-state index contributed by atoms with van der Waals surface area (Å²) in [4.78, 5) is 17.1. The van der Waals surface area contributed by atoms with E-state index in [0.717, 1.165) is 18.5 Å². The number of halogens is 1. The molecule has 3 rings (SSSR count). The average Bonchev–Trinajstić information content (AvgIpc) is 3.09. The minimum Gasteiger partial charge on any atom is -0.362 e. The first-order chi connectivity index (χ1) is 14.0. The Morgan fingerprint density at radius 3 is 2.59 bits per heavy atom. The second kappa shape index (κ2) is 9.33. The van der Waals surface area contributed by atoms with Gasteiger partial charge in [-0.3, -0.25) is 4.79 Å². The molecule has 0 aromatic heterocycles. The molecule has 5 heteroatoms. The zero-order valence-corrected chi connectivity index (χ0v) is 18.1. The number of carbonyl (C=O) groups is 1. The van der Waals surface area contributed by atoms with E-state index in [1.54, 1.807) is 6.07 Å². The molecule has 0 N–H and O–H groups in total. The maximum Gasteiger partial charge on any atom is 0.225 e. The summed E-state index contributed by atoms with van der Waals surface area (Å²) in [5, 5.41) is 9.66. The summed E-state index contributed by atoms with van der Waals surface area (Å²) in [6.07, 6.45) is 2.44. The highest BCUT2D eigenvalue weighted by Crippen LogP contribution is 2.31. The highest BCUT2D eigenvalue weighted by atomic mass is 35.5. The Kier molecular flexibility index (Phi) is 6.82. The predicted molar refractivity (Wildman–Crippen MR) is 118 cm³/mol. The van der Waals surface area contributed by atoms with Crippen LogP contribution < -0.4 is 4.90 Å². The average molecular weight is 410 g/mol. The normalized spacial score (nSPS) is 16.3. The summed E-state index contributed by atoms with van der Waals surface area (Å²) in [6, 6.07) is 16.4. The first-order valence-electron chi connectivity index (χ1n) is 10.3. The number of aryl methyl sites for hydroxylation is 1. The summed E-state index contributed by atoms with van der Waals surface area (Å²) in [6.45, 7) is 7.80. The van der Waals surface area contributed by atoms with Crippen molar-refractivity contribution < 1.29 is 4.79 Å². The zero-order chi connectivity index (χ0) is 21.0. The van der Waals surface area contributed by atoms with Gasteiger partial charge in [0.15, 0.2) is 0 Å². The van der Waals surface area contributed by atoms with E-state index in [9.17, 15) is 10.1 Å². The zero-order valence-electron chi connectivity index (χ0n) is 17.4. The molecule has 1 aliphatic rings. The number of benzene rings is 2. The molecule has 2 aromatic rings. The SMILES string of the molecule is CCC(CC)N1C[C@@H](N(Cc2ccccc2C)c2ccc(C#N)c(Cl)c2)CC1=O. The summed E-state index contributed by atoms with van der Waals surface area (Å²) < 4.78 is 0. The largest absolute Gasteiger partial charge is 0.362 e. The van der Waals surface area contributed by atoms with Crippen molar-refractivity contribution in [2.45, 2.75) is 58.7 Å². The van der Waals surface area contributed by atoms with Crippen molar-refractivity contribution in [3.05, 3.63) is 64.2 Å². The van der Waals surface area contributed by atoms with Crippen LogP contribution in [0.1, 0.15) is 49.8 Å². The van der Waals surface area contributed by atoms with Crippen molar-refractivity contribution >= 4 is 23.2 Å². The van der Waals surface area contributed by atoms with Crippen LogP contribution in [0.3, 0.4) is 0 Å². The van der Waals surface area contributed by atoms with Crippen molar-refractivity contribution in [2.24, 2.45) is 0 Å². The Bertz CT molecular complexity index is 917. The molecule has 1 aliphatic heterocycles. The van der Waals surface area contributed by atoms with Gasteiger partial charge in [0, 0.05) is 31.2 Å². The first kappa shape index (κ1) is 21.2. The van der Waals surface area contributed by atoms with Gasteiger partial charge >= 0.3 is 0 Å². The lowest BCUT2D eigenvalue weighted by Crippen LogP contribution is -2.40. The van der Waals surface area contributed by atoms with E-state index in [0.29, 0.717) is 30.1 Å². The van der Waals surface area contributed by atoms with Gasteiger partial charge in [0.25, 0.3) is 0 Å². The maximum atomic E-state index is 12.8. The van der Waals surface area contributed by atoms with Gasteiger partial charge in [0.05, 0.1) is 16.6 Å². The number of hydrogen-bond donors (Lipinski definition) is 0. The van der Waals surface area contributed by atoms with E-state index in [1.165, 1.54) is 11.1 Å². The Morgan fingerprint density at radius 1 is 1.24 bits per heavy atom. The van der Waals surface area contributed by atoms with E-state index in [2.05, 4.69) is 43.9 Å². The quantitative estimate of drug-likeness (QED) is 0.622. The van der Waals surface area contributed by atoms with Crippen molar-refractivity contribution in [2.75, 3.05) is 11.4 Å². The molecule has 0 saturated carbocycles. The molecular formula is C24H28ClN3O. The third kappa shape index (κ3) is 4.57. The number of nitrogens with zero attached hydrogens (tertiary/aromatic N) is 3. The van der Waals surface area contributed by atoms with E-state index < -0.39 is 0 Å². The second-order valence-corrected chi connectivity index (χ2v) is 8.11. The molecular weight excluding hydrogens is 382 g/mol. The molecule has 152 valence electrons. The lowest BCUT2D eigenvalue weighted by Gasteiger charge is -2.33. The molecule has 29 heavy (non-hydrogen) atoms. The minimum absolute atomic E-state index is 0.0757. The molecule has 1 fully saturated rings. The van der Waals surface area contributed by atoms with Crippen LogP contribution in [0.15, 0.2) is 42.5 Å². The van der Waals surface area contributed by atoms with Gasteiger partial charge in [-0.05, 0) is 49.1 Å². The molecule has 2 aromatic carbocycles. The molecule has 0 bridgehead atoms. The number of carbonyl (C=O) groups excluding carboxylic acids is 1. The van der Waals surface area contributed by atoms with Crippen LogP contribution in [-0.4, -0.2) is 29.4 Å². The topological polar surface area (TPSA) is 47.3 Å². The number of amides is 1. The number of likely N-dealkylation sites (tertiary alicyclic amines) is 1. The Labute approximate surface area is 178 Å². The Morgan fingerprint density at radius 2 is 1.97 bits per heavy atom. The van der Waals surface area contributed by atoms with Crippen LogP contribution in [0.4, 0.5) is 5.69 Å². The summed E-state index contributed by atoms with van der Waals surface area (Å²) in [5.74, 6) is 0.221. The molecule has 1 saturated heterocycles. The monoisotopic (exact) mass is 409 g/mol. The molecule has 1 atom stereocenters. The highest BCUT2D eigenvalue weighted by molar-refractivity contribution is 6.32. The standard InChI is InChI=1S/C24H28ClN3O/c1-4-20(5-2)28-16-22(13-24(28)29)27(15-19-9-7-6-8-17(19)3)21-11-10-18(14-26)23(25)12-21/h6-12,20,22H,4-5,13,15-16H2,1-3H3/t22-/m0/s1. The van der Waals surface area contributed by atoms with E-state index in [1.807, 2.05) is 29.2 Å². The van der Waals surface area contributed by atoms with Crippen molar-refractivity contribution in [1.29, 1.82) is 5.26 Å². The third-order valence-corrected chi connectivity index (χ3v) is 6.28. The van der Waals surface area contributed by atoms with Crippen molar-refractivity contribution in [3.8, 4) is 6.07 Å². The molecule has 1 amide bonds. The van der Waals surface area contributed by atoms with Crippen LogP contribution in [0.25, 0.3) is 0 Å². The minimum atomic E-state index is 0.0757. The van der Waals surface area contributed by atoms with Gasteiger partial charge in [0.2, 0.25) is 5.91 Å². The van der Waals surface area contributed by atoms with E-state index in [-0.39, 0.29) is 18.0 Å². The highest BCUT2D eigenvalue weighted by Gasteiger charge is 2.36. The molecule has 0 radical (unpaired) electrons. The Balaban J connectivity index is 1.95. The third-order valence-electron chi connectivity index (χ3n) is 5.97. The molecule has 1 heterocycles. The van der Waals surface area contributed by atoms with Crippen LogP contribution in [-0.2, 0) is 11.3 Å². The summed E-state index contributed by atoms with van der Waals surface area (Å²) >= 11 is 6.34. The van der Waals surface area contributed by atoms with Gasteiger partial charge in [-0.1, -0.05) is 49.7 Å². The van der Waals surface area contributed by atoms with Gasteiger partial charge in [-0.2, -0.15) is 5.26 Å². The van der Waals surface area contributed by atoms with Gasteiger partial charge in [-0.15, -0.1) is 0 Å². The van der Waals surface area contributed by atoms with Crippen LogP contribution in [0.2, 0.25) is 5.02 Å². The lowest BCUT2D eigenvalue weighted by molar-refractivity contribution is -0.129. The molecule has 0 aliphatic carbocycles. The molecule has 4 nitrogen and oxygen atoms in total. The van der Waals surface area contributed by atoms with Crippen molar-refractivity contribution in [3.63, 3.8) is 0 Å². The van der Waals surface area contributed by atoms with Gasteiger partial charge in [-0.25, -0.2) is 0 Å². The van der Waals surface area contributed by atoms with Gasteiger partial charge < -0.3 is 9.80 Å². The predicted octanol–water partition coefficient (Wildman–Crippen LogP) is 5.32.